The molecule has 6 nitrogen and oxygen atoms in total. The van der Waals surface area contributed by atoms with Crippen LogP contribution in [0.3, 0.4) is 0 Å². The van der Waals surface area contributed by atoms with Crippen LogP contribution in [-0.4, -0.2) is 22.7 Å². The Morgan fingerprint density at radius 3 is 2.86 bits per heavy atom. The summed E-state index contributed by atoms with van der Waals surface area (Å²) in [5.41, 5.74) is 1.08. The van der Waals surface area contributed by atoms with E-state index < -0.39 is 0 Å². The second kappa shape index (κ2) is 6.39. The van der Waals surface area contributed by atoms with Gasteiger partial charge in [0.05, 0.1) is 12.6 Å². The number of rotatable bonds is 5. The molecule has 1 N–H and O–H groups in total. The molecule has 0 aliphatic rings. The SMILES string of the molecule is CCCCC(=O)N=Nc1c(O)n(C)c2ccc(OC)cc12. The lowest BCUT2D eigenvalue weighted by Crippen LogP contribution is -1.90. The van der Waals surface area contributed by atoms with Gasteiger partial charge in [0, 0.05) is 18.9 Å². The number of carbonyl (C=O) groups is 1. The van der Waals surface area contributed by atoms with Crippen LogP contribution in [0.25, 0.3) is 10.9 Å². The van der Waals surface area contributed by atoms with Crippen LogP contribution in [0.4, 0.5) is 5.69 Å². The molecule has 0 radical (unpaired) electrons. The van der Waals surface area contributed by atoms with E-state index in [9.17, 15) is 9.90 Å². The Labute approximate surface area is 123 Å². The second-order valence-corrected chi connectivity index (χ2v) is 4.81. The number of methoxy groups -OCH3 is 1. The van der Waals surface area contributed by atoms with Gasteiger partial charge in [-0.1, -0.05) is 13.3 Å². The van der Waals surface area contributed by atoms with Crippen LogP contribution in [0.1, 0.15) is 26.2 Å². The first-order valence-electron chi connectivity index (χ1n) is 6.88. The highest BCUT2D eigenvalue weighted by molar-refractivity contribution is 5.96. The maximum atomic E-state index is 11.6. The van der Waals surface area contributed by atoms with Crippen LogP contribution >= 0.6 is 0 Å². The fourth-order valence-corrected chi connectivity index (χ4v) is 2.10. The highest BCUT2D eigenvalue weighted by Crippen LogP contribution is 2.39. The number of benzene rings is 1. The van der Waals surface area contributed by atoms with E-state index in [0.717, 1.165) is 18.4 Å². The topological polar surface area (TPSA) is 76.2 Å². The van der Waals surface area contributed by atoms with E-state index in [0.29, 0.717) is 17.6 Å². The van der Waals surface area contributed by atoms with Gasteiger partial charge < -0.3 is 14.4 Å². The second-order valence-electron chi connectivity index (χ2n) is 4.81. The Hall–Kier alpha value is -2.37. The van der Waals surface area contributed by atoms with Crippen LogP contribution in [0.15, 0.2) is 28.4 Å². The van der Waals surface area contributed by atoms with Gasteiger partial charge in [0.2, 0.25) is 5.88 Å². The molecule has 0 saturated heterocycles. The lowest BCUT2D eigenvalue weighted by molar-refractivity contribution is -0.118. The first-order chi connectivity index (χ1) is 10.1. The largest absolute Gasteiger partial charge is 0.497 e. The summed E-state index contributed by atoms with van der Waals surface area (Å²) < 4.78 is 6.77. The summed E-state index contributed by atoms with van der Waals surface area (Å²) in [4.78, 5) is 11.6. The van der Waals surface area contributed by atoms with Gasteiger partial charge in [-0.15, -0.1) is 10.2 Å². The molecule has 2 aromatic rings. The van der Waals surface area contributed by atoms with E-state index in [1.54, 1.807) is 30.9 Å². The van der Waals surface area contributed by atoms with Crippen LogP contribution in [0, 0.1) is 0 Å². The molecule has 1 aromatic heterocycles. The van der Waals surface area contributed by atoms with Gasteiger partial charge in [-0.2, -0.15) is 0 Å². The molecule has 0 spiro atoms. The summed E-state index contributed by atoms with van der Waals surface area (Å²) in [7, 11) is 3.29. The minimum absolute atomic E-state index is 0.0229. The number of unbranched alkanes of at least 4 members (excludes halogenated alkanes) is 1. The average molecular weight is 289 g/mol. The number of fused-ring (bicyclic) bond motifs is 1. The zero-order valence-corrected chi connectivity index (χ0v) is 12.5. The number of nitrogens with zero attached hydrogens (tertiary/aromatic N) is 3. The molecule has 0 unspecified atom stereocenters. The maximum absolute atomic E-state index is 11.6. The fraction of sp³-hybridized carbons (Fsp3) is 0.400. The van der Waals surface area contributed by atoms with Crippen LogP contribution < -0.4 is 4.74 Å². The maximum Gasteiger partial charge on any atom is 0.264 e. The van der Waals surface area contributed by atoms with Gasteiger partial charge in [-0.05, 0) is 24.6 Å². The predicted molar refractivity (Wildman–Crippen MR) is 80.2 cm³/mol. The number of aromatic hydroxyl groups is 1. The monoisotopic (exact) mass is 289 g/mol. The summed E-state index contributed by atoms with van der Waals surface area (Å²) in [6.45, 7) is 2.01. The van der Waals surface area contributed by atoms with Crippen molar-refractivity contribution in [3.8, 4) is 11.6 Å². The van der Waals surface area contributed by atoms with Crippen molar-refractivity contribution in [2.75, 3.05) is 7.11 Å². The number of hydrogen-bond acceptors (Lipinski definition) is 4. The average Bonchev–Trinajstić information content (AvgIpc) is 2.74. The molecule has 0 saturated carbocycles. The van der Waals surface area contributed by atoms with Crippen LogP contribution in [0.2, 0.25) is 0 Å². The molecule has 0 atom stereocenters. The molecule has 0 fully saturated rings. The zero-order valence-electron chi connectivity index (χ0n) is 12.5. The van der Waals surface area contributed by atoms with Crippen molar-refractivity contribution in [2.24, 2.45) is 17.3 Å². The molecule has 1 heterocycles. The molecular weight excluding hydrogens is 270 g/mol. The predicted octanol–water partition coefficient (Wildman–Crippen LogP) is 3.69. The van der Waals surface area contributed by atoms with Gasteiger partial charge in [0.25, 0.3) is 5.91 Å². The molecule has 2 rings (SSSR count). The summed E-state index contributed by atoms with van der Waals surface area (Å²) in [5, 5.41) is 18.4. The summed E-state index contributed by atoms with van der Waals surface area (Å²) in [6.07, 6.45) is 2.08. The Morgan fingerprint density at radius 2 is 2.19 bits per heavy atom. The fourth-order valence-electron chi connectivity index (χ4n) is 2.10. The van der Waals surface area contributed by atoms with Gasteiger partial charge >= 0.3 is 0 Å². The van der Waals surface area contributed by atoms with Crippen molar-refractivity contribution in [1.29, 1.82) is 0 Å². The first-order valence-corrected chi connectivity index (χ1v) is 6.88. The molecule has 1 amide bonds. The van der Waals surface area contributed by atoms with E-state index in [1.807, 2.05) is 13.0 Å². The minimum atomic E-state index is -0.281. The lowest BCUT2D eigenvalue weighted by atomic mass is 10.2. The Balaban J connectivity index is 2.40. The van der Waals surface area contributed by atoms with E-state index in [-0.39, 0.29) is 17.5 Å². The molecule has 0 bridgehead atoms. The summed E-state index contributed by atoms with van der Waals surface area (Å²) in [6, 6.07) is 5.39. The highest BCUT2D eigenvalue weighted by atomic mass is 16.5. The number of hydrogen-bond donors (Lipinski definition) is 1. The van der Waals surface area contributed by atoms with Gasteiger partial charge in [-0.25, -0.2) is 0 Å². The van der Waals surface area contributed by atoms with E-state index in [1.165, 1.54) is 0 Å². The number of carbonyl (C=O) groups excluding carboxylic acids is 1. The van der Waals surface area contributed by atoms with Gasteiger partial charge in [0.1, 0.15) is 5.75 Å². The Morgan fingerprint density at radius 1 is 1.43 bits per heavy atom. The Kier molecular flexibility index (Phi) is 4.57. The minimum Gasteiger partial charge on any atom is -0.497 e. The number of ether oxygens (including phenoxy) is 1. The van der Waals surface area contributed by atoms with Crippen molar-refractivity contribution < 1.29 is 14.6 Å². The third-order valence-corrected chi connectivity index (χ3v) is 3.36. The van der Waals surface area contributed by atoms with E-state index in [2.05, 4.69) is 10.2 Å². The lowest BCUT2D eigenvalue weighted by Gasteiger charge is -2.00. The normalized spacial score (nSPS) is 11.4. The third kappa shape index (κ3) is 3.04. The standard InChI is InChI=1S/C15H19N3O3/c1-4-5-6-13(19)16-17-14-11-9-10(21-3)7-8-12(11)18(2)15(14)20/h7-9,20H,4-6H2,1-3H3. The highest BCUT2D eigenvalue weighted by Gasteiger charge is 2.15. The molecule has 1 aromatic carbocycles. The van der Waals surface area contributed by atoms with E-state index in [4.69, 9.17) is 4.74 Å². The molecule has 21 heavy (non-hydrogen) atoms. The van der Waals surface area contributed by atoms with E-state index >= 15 is 0 Å². The Bertz CT molecular complexity index is 689. The van der Waals surface area contributed by atoms with Crippen molar-refractivity contribution >= 4 is 22.5 Å². The number of amides is 1. The summed E-state index contributed by atoms with van der Waals surface area (Å²) in [5.74, 6) is 0.350. The van der Waals surface area contributed by atoms with Crippen molar-refractivity contribution in [1.82, 2.24) is 4.57 Å². The van der Waals surface area contributed by atoms with Gasteiger partial charge in [-0.3, -0.25) is 4.79 Å². The van der Waals surface area contributed by atoms with Crippen molar-refractivity contribution in [3.63, 3.8) is 0 Å². The molecule has 0 aliphatic heterocycles. The number of azo groups is 1. The summed E-state index contributed by atoms with van der Waals surface area (Å²) >= 11 is 0. The van der Waals surface area contributed by atoms with Gasteiger partial charge in [0.15, 0.2) is 5.69 Å². The first kappa shape index (κ1) is 15.0. The number of aryl methyl sites for hydroxylation is 1. The zero-order chi connectivity index (χ0) is 15.4. The van der Waals surface area contributed by atoms with Crippen LogP contribution in [-0.2, 0) is 11.8 Å². The smallest absolute Gasteiger partial charge is 0.264 e. The number of aromatic nitrogens is 1. The third-order valence-electron chi connectivity index (χ3n) is 3.36. The van der Waals surface area contributed by atoms with Crippen molar-refractivity contribution in [2.45, 2.75) is 26.2 Å². The molecular formula is C15H19N3O3. The molecule has 0 aliphatic carbocycles. The van der Waals surface area contributed by atoms with Crippen LogP contribution in [0.5, 0.6) is 11.6 Å². The molecule has 6 heteroatoms. The molecule has 112 valence electrons. The van der Waals surface area contributed by atoms with Crippen molar-refractivity contribution in [3.05, 3.63) is 18.2 Å². The quantitative estimate of drug-likeness (QED) is 0.853.